The van der Waals surface area contributed by atoms with Crippen LogP contribution in [0.5, 0.6) is 0 Å². The Hall–Kier alpha value is -1.76. The van der Waals surface area contributed by atoms with Crippen molar-refractivity contribution in [3.05, 3.63) is 28.3 Å². The van der Waals surface area contributed by atoms with Gasteiger partial charge in [0.1, 0.15) is 0 Å². The summed E-state index contributed by atoms with van der Waals surface area (Å²) in [7, 11) is 0. The molecule has 1 aromatic carbocycles. The van der Waals surface area contributed by atoms with Crippen LogP contribution in [0.25, 0.3) is 10.2 Å². The lowest BCUT2D eigenvalue weighted by molar-refractivity contribution is -0.384. The molecule has 24 heavy (non-hydrogen) atoms. The zero-order valence-corrected chi connectivity index (χ0v) is 15.4. The number of fused-ring (bicyclic) bond motifs is 1. The van der Waals surface area contributed by atoms with Crippen LogP contribution >= 0.6 is 46.4 Å². The molecule has 2 heterocycles. The number of rotatable bonds is 6. The van der Waals surface area contributed by atoms with Gasteiger partial charge in [-0.05, 0) is 23.9 Å². The molecule has 0 bridgehead atoms. The number of carbonyl (C=O) groups excluding carboxylic acids is 1. The second-order valence-electron chi connectivity index (χ2n) is 4.31. The van der Waals surface area contributed by atoms with Crippen LogP contribution in [0.3, 0.4) is 0 Å². The van der Waals surface area contributed by atoms with E-state index in [2.05, 4.69) is 19.7 Å². The van der Waals surface area contributed by atoms with Gasteiger partial charge in [-0.3, -0.25) is 14.9 Å². The summed E-state index contributed by atoms with van der Waals surface area (Å²) in [6, 6.07) is 4.43. The Bertz CT molecular complexity index is 909. The van der Waals surface area contributed by atoms with E-state index in [1.165, 1.54) is 58.5 Å². The summed E-state index contributed by atoms with van der Waals surface area (Å²) < 4.78 is 5.63. The Kier molecular flexibility index (Phi) is 5.28. The predicted molar refractivity (Wildman–Crippen MR) is 97.3 cm³/mol. The third kappa shape index (κ3) is 4.01. The monoisotopic (exact) mass is 399 g/mol. The van der Waals surface area contributed by atoms with Crippen LogP contribution in [0, 0.1) is 10.1 Å². The highest BCUT2D eigenvalue weighted by Gasteiger charge is 2.13. The Morgan fingerprint density at radius 1 is 1.42 bits per heavy atom. The van der Waals surface area contributed by atoms with E-state index in [-0.39, 0.29) is 17.3 Å². The minimum atomic E-state index is -0.474. The number of amides is 1. The van der Waals surface area contributed by atoms with Crippen LogP contribution in [0.15, 0.2) is 27.7 Å². The Balaban J connectivity index is 1.63. The molecule has 0 aliphatic carbocycles. The van der Waals surface area contributed by atoms with E-state index in [4.69, 9.17) is 0 Å². The third-order valence-corrected chi connectivity index (χ3v) is 6.18. The van der Waals surface area contributed by atoms with Gasteiger partial charge in [-0.25, -0.2) is 9.97 Å². The number of thiazole rings is 1. The maximum Gasteiger partial charge on any atom is 0.271 e. The second kappa shape index (κ2) is 7.42. The molecule has 3 rings (SSSR count). The van der Waals surface area contributed by atoms with Gasteiger partial charge in [0, 0.05) is 12.1 Å². The van der Waals surface area contributed by atoms with Gasteiger partial charge in [-0.2, -0.15) is 4.37 Å². The van der Waals surface area contributed by atoms with E-state index < -0.39 is 4.92 Å². The average molecular weight is 400 g/mol. The number of hydrogen-bond donors (Lipinski definition) is 1. The van der Waals surface area contributed by atoms with Crippen LogP contribution in [-0.4, -0.2) is 37.2 Å². The number of nitro benzene ring substituents is 1. The summed E-state index contributed by atoms with van der Waals surface area (Å²) in [5.74, 6) is -0.0199. The fourth-order valence-electron chi connectivity index (χ4n) is 1.70. The molecule has 1 N–H and O–H groups in total. The maximum absolute atomic E-state index is 12.0. The topological polar surface area (TPSA) is 111 Å². The summed E-state index contributed by atoms with van der Waals surface area (Å²) in [6.45, 7) is 0. The summed E-state index contributed by atoms with van der Waals surface area (Å²) in [4.78, 5) is 30.7. The number of anilines is 1. The number of carbonyl (C=O) groups is 1. The van der Waals surface area contributed by atoms with Crippen molar-refractivity contribution in [2.24, 2.45) is 0 Å². The standard InChI is InChI=1S/C12H9N5O3S4/c1-21-11-15-12(24-16-11)22-5-9(18)14-10-13-7-4-6(17(19)20)2-3-8(7)23-10/h2-4H,5H2,1H3,(H,13,14,18). The smallest absolute Gasteiger partial charge is 0.271 e. The number of non-ortho nitro benzene ring substituents is 1. The number of hydrogen-bond acceptors (Lipinski definition) is 10. The first kappa shape index (κ1) is 17.1. The molecular weight excluding hydrogens is 390 g/mol. The lowest BCUT2D eigenvalue weighted by Gasteiger charge is -1.98. The minimum absolute atomic E-state index is 0.0258. The highest BCUT2D eigenvalue weighted by Crippen LogP contribution is 2.29. The van der Waals surface area contributed by atoms with E-state index in [0.717, 1.165) is 9.04 Å². The molecule has 0 unspecified atom stereocenters. The first-order valence-electron chi connectivity index (χ1n) is 6.40. The number of nitrogens with one attached hydrogen (secondary N) is 1. The third-order valence-electron chi connectivity index (χ3n) is 2.73. The number of nitro groups is 1. The van der Waals surface area contributed by atoms with Gasteiger partial charge in [0.15, 0.2) is 9.47 Å². The van der Waals surface area contributed by atoms with Crippen LogP contribution in [-0.2, 0) is 4.79 Å². The van der Waals surface area contributed by atoms with Crippen LogP contribution < -0.4 is 5.32 Å². The average Bonchev–Trinajstić information content (AvgIpc) is 3.17. The Labute approximate surface area is 152 Å². The summed E-state index contributed by atoms with van der Waals surface area (Å²) in [5.41, 5.74) is 0.466. The van der Waals surface area contributed by atoms with Crippen LogP contribution in [0.2, 0.25) is 0 Å². The van der Waals surface area contributed by atoms with Crippen LogP contribution in [0.1, 0.15) is 0 Å². The molecule has 12 heteroatoms. The van der Waals surface area contributed by atoms with E-state index in [9.17, 15) is 14.9 Å². The fraction of sp³-hybridized carbons (Fsp3) is 0.167. The normalized spacial score (nSPS) is 10.9. The maximum atomic E-state index is 12.0. The number of thioether (sulfide) groups is 2. The molecule has 0 aliphatic rings. The summed E-state index contributed by atoms with van der Waals surface area (Å²) in [5, 5.41) is 14.6. The molecular formula is C12H9N5O3S4. The summed E-state index contributed by atoms with van der Waals surface area (Å²) >= 11 is 5.28. The molecule has 0 spiro atoms. The zero-order valence-electron chi connectivity index (χ0n) is 12.1. The second-order valence-corrected chi connectivity index (χ2v) is 8.09. The van der Waals surface area contributed by atoms with Gasteiger partial charge in [0.25, 0.3) is 5.69 Å². The highest BCUT2D eigenvalue weighted by atomic mass is 32.2. The quantitative estimate of drug-likeness (QED) is 0.381. The first-order chi connectivity index (χ1) is 11.5. The molecule has 1 amide bonds. The van der Waals surface area contributed by atoms with Crippen molar-refractivity contribution in [1.82, 2.24) is 14.3 Å². The van der Waals surface area contributed by atoms with Crippen molar-refractivity contribution in [3.8, 4) is 0 Å². The predicted octanol–water partition coefficient (Wildman–Crippen LogP) is 3.51. The lowest BCUT2D eigenvalue weighted by Crippen LogP contribution is -2.13. The van der Waals surface area contributed by atoms with Crippen molar-refractivity contribution >= 4 is 73.3 Å². The van der Waals surface area contributed by atoms with Gasteiger partial charge in [-0.15, -0.1) is 0 Å². The number of nitrogens with zero attached hydrogens (tertiary/aromatic N) is 4. The molecule has 0 saturated carbocycles. The Morgan fingerprint density at radius 3 is 2.96 bits per heavy atom. The molecule has 8 nitrogen and oxygen atoms in total. The van der Waals surface area contributed by atoms with Crippen molar-refractivity contribution in [2.75, 3.05) is 17.3 Å². The highest BCUT2D eigenvalue weighted by molar-refractivity contribution is 8.01. The van der Waals surface area contributed by atoms with Crippen molar-refractivity contribution in [2.45, 2.75) is 9.50 Å². The SMILES string of the molecule is CSc1nsc(SCC(=O)Nc2nc3cc([N+](=O)[O-])ccc3s2)n1. The van der Waals surface area contributed by atoms with E-state index in [1.54, 1.807) is 6.07 Å². The van der Waals surface area contributed by atoms with Crippen molar-refractivity contribution < 1.29 is 9.72 Å². The van der Waals surface area contributed by atoms with Gasteiger partial charge >= 0.3 is 0 Å². The molecule has 2 aromatic heterocycles. The molecule has 0 aliphatic heterocycles. The van der Waals surface area contributed by atoms with Gasteiger partial charge in [-0.1, -0.05) is 34.9 Å². The largest absolute Gasteiger partial charge is 0.301 e. The summed E-state index contributed by atoms with van der Waals surface area (Å²) in [6.07, 6.45) is 1.89. The zero-order chi connectivity index (χ0) is 17.1. The van der Waals surface area contributed by atoms with E-state index in [0.29, 0.717) is 15.8 Å². The molecule has 0 fully saturated rings. The molecule has 124 valence electrons. The van der Waals surface area contributed by atoms with Gasteiger partial charge in [0.05, 0.1) is 20.9 Å². The van der Waals surface area contributed by atoms with Gasteiger partial charge < -0.3 is 5.32 Å². The molecule has 0 saturated heterocycles. The van der Waals surface area contributed by atoms with Crippen molar-refractivity contribution in [1.29, 1.82) is 0 Å². The number of benzene rings is 1. The molecule has 0 radical (unpaired) electrons. The van der Waals surface area contributed by atoms with Crippen molar-refractivity contribution in [3.63, 3.8) is 0 Å². The minimum Gasteiger partial charge on any atom is -0.301 e. The van der Waals surface area contributed by atoms with E-state index >= 15 is 0 Å². The lowest BCUT2D eigenvalue weighted by atomic mass is 10.3. The fourth-order valence-corrected chi connectivity index (χ4v) is 4.58. The Morgan fingerprint density at radius 2 is 2.25 bits per heavy atom. The number of aromatic nitrogens is 3. The van der Waals surface area contributed by atoms with E-state index in [1.807, 2.05) is 6.26 Å². The molecule has 0 atom stereocenters. The van der Waals surface area contributed by atoms with Gasteiger partial charge in [0.2, 0.25) is 11.1 Å². The van der Waals surface area contributed by atoms with Crippen LogP contribution in [0.4, 0.5) is 10.8 Å². The molecule has 3 aromatic rings. The first-order valence-corrected chi connectivity index (χ1v) is 10.2.